The first-order chi connectivity index (χ1) is 14.0. The normalized spacial score (nSPS) is 10.7. The van der Waals surface area contributed by atoms with Gasteiger partial charge in [0.15, 0.2) is 5.69 Å². The van der Waals surface area contributed by atoms with Crippen LogP contribution in [-0.4, -0.2) is 38.2 Å². The van der Waals surface area contributed by atoms with E-state index < -0.39 is 5.91 Å². The number of aromatic nitrogens is 5. The quantitative estimate of drug-likeness (QED) is 0.536. The van der Waals surface area contributed by atoms with E-state index in [1.54, 1.807) is 29.1 Å². The average Bonchev–Trinajstić information content (AvgIpc) is 3.38. The van der Waals surface area contributed by atoms with E-state index in [0.29, 0.717) is 22.2 Å². The van der Waals surface area contributed by atoms with Crippen LogP contribution in [0, 0.1) is 6.92 Å². The number of ether oxygens (including phenoxy) is 1. The van der Waals surface area contributed by atoms with Gasteiger partial charge in [-0.2, -0.15) is 4.98 Å². The SMILES string of the molecule is COc1ccc(NC(=O)c2nc(-c3cn(-c4ccc(C)cc4)nn3)no2)cc1Cl. The molecule has 0 aliphatic carbocycles. The fourth-order valence-corrected chi connectivity index (χ4v) is 2.80. The first-order valence-electron chi connectivity index (χ1n) is 8.52. The van der Waals surface area contributed by atoms with Gasteiger partial charge in [-0.15, -0.1) is 5.10 Å². The van der Waals surface area contributed by atoms with E-state index in [0.717, 1.165) is 11.3 Å². The Labute approximate surface area is 170 Å². The Kier molecular flexibility index (Phi) is 4.96. The largest absolute Gasteiger partial charge is 0.495 e. The highest BCUT2D eigenvalue weighted by atomic mass is 35.5. The maximum absolute atomic E-state index is 12.4. The van der Waals surface area contributed by atoms with Crippen LogP contribution < -0.4 is 10.1 Å². The number of amides is 1. The molecule has 146 valence electrons. The van der Waals surface area contributed by atoms with Gasteiger partial charge in [0.05, 0.1) is 24.0 Å². The molecule has 0 fully saturated rings. The summed E-state index contributed by atoms with van der Waals surface area (Å²) in [6.45, 7) is 2.00. The summed E-state index contributed by atoms with van der Waals surface area (Å²) in [4.78, 5) is 16.5. The minimum absolute atomic E-state index is 0.154. The van der Waals surface area contributed by atoms with Gasteiger partial charge >= 0.3 is 11.8 Å². The Morgan fingerprint density at radius 1 is 1.21 bits per heavy atom. The number of aryl methyl sites for hydroxylation is 1. The molecule has 0 radical (unpaired) electrons. The van der Waals surface area contributed by atoms with Crippen molar-refractivity contribution in [1.29, 1.82) is 0 Å². The van der Waals surface area contributed by atoms with Crippen molar-refractivity contribution in [3.05, 3.63) is 65.1 Å². The predicted molar refractivity (Wildman–Crippen MR) is 105 cm³/mol. The third-order valence-electron chi connectivity index (χ3n) is 4.05. The number of nitrogens with one attached hydrogen (secondary N) is 1. The number of carbonyl (C=O) groups is 1. The van der Waals surface area contributed by atoms with Crippen molar-refractivity contribution in [2.45, 2.75) is 6.92 Å². The molecule has 4 rings (SSSR count). The first kappa shape index (κ1) is 18.6. The Morgan fingerprint density at radius 2 is 2.00 bits per heavy atom. The summed E-state index contributed by atoms with van der Waals surface area (Å²) in [7, 11) is 1.51. The lowest BCUT2D eigenvalue weighted by molar-refractivity contribution is 0.0981. The van der Waals surface area contributed by atoms with E-state index in [9.17, 15) is 4.79 Å². The fourth-order valence-electron chi connectivity index (χ4n) is 2.54. The molecule has 0 bridgehead atoms. The Morgan fingerprint density at radius 3 is 2.72 bits per heavy atom. The molecule has 0 aliphatic heterocycles. The molecule has 0 spiro atoms. The van der Waals surface area contributed by atoms with Gasteiger partial charge in [-0.25, -0.2) is 4.68 Å². The van der Waals surface area contributed by atoms with Crippen molar-refractivity contribution in [2.24, 2.45) is 0 Å². The highest BCUT2D eigenvalue weighted by Gasteiger charge is 2.19. The second-order valence-electron chi connectivity index (χ2n) is 6.11. The number of anilines is 1. The molecule has 29 heavy (non-hydrogen) atoms. The smallest absolute Gasteiger partial charge is 0.316 e. The number of hydrogen-bond donors (Lipinski definition) is 1. The number of rotatable bonds is 5. The minimum atomic E-state index is -0.573. The van der Waals surface area contributed by atoms with Gasteiger partial charge in [0, 0.05) is 5.69 Å². The maximum atomic E-state index is 12.4. The van der Waals surface area contributed by atoms with Crippen molar-refractivity contribution >= 4 is 23.2 Å². The first-order valence-corrected chi connectivity index (χ1v) is 8.89. The summed E-state index contributed by atoms with van der Waals surface area (Å²) in [5, 5.41) is 14.9. The molecule has 10 heteroatoms. The summed E-state index contributed by atoms with van der Waals surface area (Å²) in [5.74, 6) is -0.129. The molecular formula is C19H15ClN6O3. The van der Waals surface area contributed by atoms with Gasteiger partial charge in [0.1, 0.15) is 5.75 Å². The van der Waals surface area contributed by atoms with Gasteiger partial charge in [-0.1, -0.05) is 39.7 Å². The number of carbonyl (C=O) groups excluding carboxylic acids is 1. The van der Waals surface area contributed by atoms with Gasteiger partial charge in [-0.05, 0) is 37.3 Å². The fraction of sp³-hybridized carbons (Fsp3) is 0.105. The van der Waals surface area contributed by atoms with Crippen LogP contribution in [0.5, 0.6) is 5.75 Å². The third kappa shape index (κ3) is 3.94. The Bertz CT molecular complexity index is 1170. The van der Waals surface area contributed by atoms with E-state index >= 15 is 0 Å². The van der Waals surface area contributed by atoms with E-state index in [2.05, 4.69) is 25.8 Å². The highest BCUT2D eigenvalue weighted by molar-refractivity contribution is 6.32. The molecular weight excluding hydrogens is 396 g/mol. The number of halogens is 1. The van der Waals surface area contributed by atoms with Crippen LogP contribution in [0.3, 0.4) is 0 Å². The summed E-state index contributed by atoms with van der Waals surface area (Å²) >= 11 is 6.06. The molecule has 2 aromatic carbocycles. The maximum Gasteiger partial charge on any atom is 0.316 e. The zero-order valence-electron chi connectivity index (χ0n) is 15.5. The van der Waals surface area contributed by atoms with Crippen molar-refractivity contribution in [1.82, 2.24) is 25.1 Å². The Balaban J connectivity index is 1.50. The van der Waals surface area contributed by atoms with Gasteiger partial charge in [0.25, 0.3) is 0 Å². The van der Waals surface area contributed by atoms with Crippen molar-refractivity contribution in [3.8, 4) is 23.0 Å². The molecule has 2 aromatic heterocycles. The van der Waals surface area contributed by atoms with Crippen LogP contribution in [-0.2, 0) is 0 Å². The van der Waals surface area contributed by atoms with Crippen LogP contribution in [0.25, 0.3) is 17.2 Å². The molecule has 4 aromatic rings. The summed E-state index contributed by atoms with van der Waals surface area (Å²) in [6.07, 6.45) is 1.65. The number of methoxy groups -OCH3 is 1. The van der Waals surface area contributed by atoms with Gasteiger partial charge in [-0.3, -0.25) is 4.79 Å². The standard InChI is InChI=1S/C19H15ClN6O3/c1-11-3-6-13(7-4-11)26-10-15(23-25-26)17-22-19(29-24-17)18(27)21-12-5-8-16(28-2)14(20)9-12/h3-10H,1-2H3,(H,21,27). The van der Waals surface area contributed by atoms with Gasteiger partial charge < -0.3 is 14.6 Å². The second kappa shape index (κ2) is 7.72. The molecule has 1 amide bonds. The Hall–Kier alpha value is -3.72. The van der Waals surface area contributed by atoms with Crippen LogP contribution in [0.2, 0.25) is 5.02 Å². The summed E-state index contributed by atoms with van der Waals surface area (Å²) in [6, 6.07) is 12.6. The van der Waals surface area contributed by atoms with Crippen LogP contribution in [0.4, 0.5) is 5.69 Å². The van der Waals surface area contributed by atoms with E-state index in [-0.39, 0.29) is 11.7 Å². The lowest BCUT2D eigenvalue weighted by Gasteiger charge is -2.06. The topological polar surface area (TPSA) is 108 Å². The van der Waals surface area contributed by atoms with E-state index in [4.69, 9.17) is 20.9 Å². The van der Waals surface area contributed by atoms with E-state index in [1.807, 2.05) is 31.2 Å². The highest BCUT2D eigenvalue weighted by Crippen LogP contribution is 2.27. The molecule has 2 heterocycles. The number of nitrogens with zero attached hydrogens (tertiary/aromatic N) is 5. The third-order valence-corrected chi connectivity index (χ3v) is 4.35. The lowest BCUT2D eigenvalue weighted by Crippen LogP contribution is -2.12. The van der Waals surface area contributed by atoms with Gasteiger partial charge in [0.2, 0.25) is 5.82 Å². The van der Waals surface area contributed by atoms with Crippen LogP contribution in [0.15, 0.2) is 53.2 Å². The zero-order valence-corrected chi connectivity index (χ0v) is 16.2. The van der Waals surface area contributed by atoms with Crippen LogP contribution in [0.1, 0.15) is 16.2 Å². The van der Waals surface area contributed by atoms with Crippen molar-refractivity contribution in [2.75, 3.05) is 12.4 Å². The molecule has 0 saturated heterocycles. The summed E-state index contributed by atoms with van der Waals surface area (Å²) < 4.78 is 11.7. The molecule has 1 N–H and O–H groups in total. The molecule has 0 aliphatic rings. The molecule has 0 saturated carbocycles. The van der Waals surface area contributed by atoms with Crippen LogP contribution >= 0.6 is 11.6 Å². The van der Waals surface area contributed by atoms with E-state index in [1.165, 1.54) is 7.11 Å². The second-order valence-corrected chi connectivity index (χ2v) is 6.52. The molecule has 0 atom stereocenters. The average molecular weight is 411 g/mol. The monoisotopic (exact) mass is 410 g/mol. The number of hydrogen-bond acceptors (Lipinski definition) is 7. The summed E-state index contributed by atoms with van der Waals surface area (Å²) in [5.41, 5.74) is 2.82. The number of benzene rings is 2. The molecule has 0 unspecified atom stereocenters. The van der Waals surface area contributed by atoms with Crippen molar-refractivity contribution < 1.29 is 14.1 Å². The zero-order chi connectivity index (χ0) is 20.4. The van der Waals surface area contributed by atoms with Crippen molar-refractivity contribution in [3.63, 3.8) is 0 Å². The lowest BCUT2D eigenvalue weighted by atomic mass is 10.2. The minimum Gasteiger partial charge on any atom is -0.495 e. The predicted octanol–water partition coefficient (Wildman–Crippen LogP) is 3.54. The molecule has 9 nitrogen and oxygen atoms in total.